The predicted molar refractivity (Wildman–Crippen MR) is 71.7 cm³/mol. The van der Waals surface area contributed by atoms with Crippen molar-refractivity contribution < 1.29 is 13.5 Å². The number of hydrogen-bond donors (Lipinski definition) is 0. The van der Waals surface area contributed by atoms with Crippen molar-refractivity contribution >= 4 is 23.2 Å². The zero-order chi connectivity index (χ0) is 13.8. The van der Waals surface area contributed by atoms with E-state index in [0.717, 1.165) is 0 Å². The van der Waals surface area contributed by atoms with Crippen molar-refractivity contribution in [1.29, 1.82) is 0 Å². The van der Waals surface area contributed by atoms with Crippen molar-refractivity contribution in [3.63, 3.8) is 0 Å². The van der Waals surface area contributed by atoms with Crippen LogP contribution in [0.3, 0.4) is 0 Å². The van der Waals surface area contributed by atoms with Gasteiger partial charge in [-0.3, -0.25) is 0 Å². The van der Waals surface area contributed by atoms with Gasteiger partial charge in [0.05, 0.1) is 5.88 Å². The third-order valence-electron chi connectivity index (χ3n) is 2.56. The Morgan fingerprint density at radius 2 is 1.58 bits per heavy atom. The van der Waals surface area contributed by atoms with Crippen LogP contribution >= 0.6 is 23.2 Å². The third kappa shape index (κ3) is 3.58. The van der Waals surface area contributed by atoms with Crippen LogP contribution < -0.4 is 4.74 Å². The fourth-order valence-corrected chi connectivity index (χ4v) is 1.98. The average molecular weight is 303 g/mol. The SMILES string of the molecule is Fc1ccc(Cl)c(COc2ccc(F)cc2CCl)c1. The van der Waals surface area contributed by atoms with E-state index < -0.39 is 0 Å². The Morgan fingerprint density at radius 3 is 2.26 bits per heavy atom. The van der Waals surface area contributed by atoms with Crippen molar-refractivity contribution in [2.45, 2.75) is 12.5 Å². The fourth-order valence-electron chi connectivity index (χ4n) is 1.60. The summed E-state index contributed by atoms with van der Waals surface area (Å²) in [5.74, 6) is -0.188. The minimum absolute atomic E-state index is 0.0894. The normalized spacial score (nSPS) is 10.5. The van der Waals surface area contributed by atoms with E-state index in [0.29, 0.717) is 21.9 Å². The van der Waals surface area contributed by atoms with E-state index in [2.05, 4.69) is 0 Å². The molecule has 0 heterocycles. The van der Waals surface area contributed by atoms with Gasteiger partial charge in [0.2, 0.25) is 0 Å². The van der Waals surface area contributed by atoms with Gasteiger partial charge >= 0.3 is 0 Å². The lowest BCUT2D eigenvalue weighted by molar-refractivity contribution is 0.302. The highest BCUT2D eigenvalue weighted by Gasteiger charge is 2.07. The zero-order valence-corrected chi connectivity index (χ0v) is 11.3. The Hall–Kier alpha value is -1.32. The molecule has 0 aromatic heterocycles. The molecule has 2 aromatic rings. The fraction of sp³-hybridized carbons (Fsp3) is 0.143. The molecule has 100 valence electrons. The van der Waals surface area contributed by atoms with Gasteiger partial charge in [-0.05, 0) is 36.4 Å². The van der Waals surface area contributed by atoms with Crippen LogP contribution in [0.1, 0.15) is 11.1 Å². The van der Waals surface area contributed by atoms with Crippen molar-refractivity contribution in [1.82, 2.24) is 0 Å². The first-order chi connectivity index (χ1) is 9.10. The van der Waals surface area contributed by atoms with Gasteiger partial charge in [0, 0.05) is 16.1 Å². The first-order valence-electron chi connectivity index (χ1n) is 5.51. The standard InChI is InChI=1S/C14H10Cl2F2O/c15-7-9-5-12(18)2-4-14(9)19-8-10-6-11(17)1-3-13(10)16/h1-6H,7-8H2. The highest BCUT2D eigenvalue weighted by molar-refractivity contribution is 6.31. The topological polar surface area (TPSA) is 9.23 Å². The van der Waals surface area contributed by atoms with Gasteiger partial charge in [-0.25, -0.2) is 8.78 Å². The van der Waals surface area contributed by atoms with Crippen LogP contribution in [0, 0.1) is 11.6 Å². The van der Waals surface area contributed by atoms with Crippen LogP contribution in [0.5, 0.6) is 5.75 Å². The maximum absolute atomic E-state index is 13.1. The van der Waals surface area contributed by atoms with Crippen molar-refractivity contribution in [3.8, 4) is 5.75 Å². The summed E-state index contributed by atoms with van der Waals surface area (Å²) in [6, 6.07) is 8.09. The van der Waals surface area contributed by atoms with Crippen molar-refractivity contribution in [2.24, 2.45) is 0 Å². The Bertz CT molecular complexity index is 588. The molecule has 0 aliphatic heterocycles. The molecule has 2 rings (SSSR count). The summed E-state index contributed by atoms with van der Waals surface area (Å²) >= 11 is 11.6. The highest BCUT2D eigenvalue weighted by atomic mass is 35.5. The lowest BCUT2D eigenvalue weighted by atomic mass is 10.2. The Morgan fingerprint density at radius 1 is 0.947 bits per heavy atom. The molecule has 2 aromatic carbocycles. The van der Waals surface area contributed by atoms with E-state index in [1.165, 1.54) is 36.4 Å². The Labute approximate surface area is 119 Å². The summed E-state index contributed by atoms with van der Waals surface area (Å²) in [6.45, 7) is 0.0894. The quantitative estimate of drug-likeness (QED) is 0.727. The van der Waals surface area contributed by atoms with Gasteiger partial charge in [-0.1, -0.05) is 11.6 Å². The van der Waals surface area contributed by atoms with Crippen LogP contribution in [0.4, 0.5) is 8.78 Å². The maximum atomic E-state index is 13.1. The molecule has 0 aliphatic rings. The molecule has 0 saturated heterocycles. The van der Waals surface area contributed by atoms with Gasteiger partial charge in [-0.2, -0.15) is 0 Å². The van der Waals surface area contributed by atoms with E-state index in [1.54, 1.807) is 0 Å². The number of rotatable bonds is 4. The summed E-state index contributed by atoms with van der Waals surface area (Å²) in [5, 5.41) is 0.413. The van der Waals surface area contributed by atoms with E-state index in [-0.39, 0.29) is 24.1 Å². The van der Waals surface area contributed by atoms with Gasteiger partial charge in [-0.15, -0.1) is 11.6 Å². The van der Waals surface area contributed by atoms with Crippen LogP contribution in [-0.4, -0.2) is 0 Å². The maximum Gasteiger partial charge on any atom is 0.124 e. The van der Waals surface area contributed by atoms with Crippen LogP contribution in [0.2, 0.25) is 5.02 Å². The largest absolute Gasteiger partial charge is 0.489 e. The second-order valence-electron chi connectivity index (χ2n) is 3.91. The molecule has 0 atom stereocenters. The lowest BCUT2D eigenvalue weighted by Gasteiger charge is -2.11. The third-order valence-corrected chi connectivity index (χ3v) is 3.21. The summed E-state index contributed by atoms with van der Waals surface area (Å²) in [6.07, 6.45) is 0. The molecule has 0 unspecified atom stereocenters. The van der Waals surface area contributed by atoms with Crippen LogP contribution in [-0.2, 0) is 12.5 Å². The molecule has 0 radical (unpaired) electrons. The van der Waals surface area contributed by atoms with Crippen molar-refractivity contribution in [3.05, 3.63) is 64.2 Å². The highest BCUT2D eigenvalue weighted by Crippen LogP contribution is 2.24. The van der Waals surface area contributed by atoms with Crippen LogP contribution in [0.25, 0.3) is 0 Å². The second kappa shape index (κ2) is 6.22. The Balaban J connectivity index is 2.16. The number of alkyl halides is 1. The summed E-state index contributed by atoms with van der Waals surface area (Å²) < 4.78 is 31.6. The molecule has 5 heteroatoms. The predicted octanol–water partition coefficient (Wildman–Crippen LogP) is 4.94. The monoisotopic (exact) mass is 302 g/mol. The molecular formula is C14H10Cl2F2O. The minimum Gasteiger partial charge on any atom is -0.489 e. The molecule has 0 saturated carbocycles. The smallest absolute Gasteiger partial charge is 0.124 e. The minimum atomic E-state index is -0.389. The molecule has 0 spiro atoms. The zero-order valence-electron chi connectivity index (χ0n) is 9.80. The summed E-state index contributed by atoms with van der Waals surface area (Å²) in [4.78, 5) is 0. The van der Waals surface area contributed by atoms with Gasteiger partial charge in [0.15, 0.2) is 0 Å². The Kier molecular flexibility index (Phi) is 4.61. The second-order valence-corrected chi connectivity index (χ2v) is 4.58. The van der Waals surface area contributed by atoms with Gasteiger partial charge < -0.3 is 4.74 Å². The molecule has 0 N–H and O–H groups in total. The van der Waals surface area contributed by atoms with E-state index in [4.69, 9.17) is 27.9 Å². The average Bonchev–Trinajstić information content (AvgIpc) is 2.40. The molecule has 0 amide bonds. The summed E-state index contributed by atoms with van der Waals surface area (Å²) in [7, 11) is 0. The summed E-state index contributed by atoms with van der Waals surface area (Å²) in [5.41, 5.74) is 1.06. The molecule has 19 heavy (non-hydrogen) atoms. The number of hydrogen-bond acceptors (Lipinski definition) is 1. The molecular weight excluding hydrogens is 293 g/mol. The molecule has 0 bridgehead atoms. The molecule has 0 aliphatic carbocycles. The van der Waals surface area contributed by atoms with E-state index >= 15 is 0 Å². The first-order valence-corrected chi connectivity index (χ1v) is 6.42. The van der Waals surface area contributed by atoms with E-state index in [1.807, 2.05) is 0 Å². The number of ether oxygens (including phenoxy) is 1. The molecule has 1 nitrogen and oxygen atoms in total. The van der Waals surface area contributed by atoms with Gasteiger partial charge in [0.25, 0.3) is 0 Å². The van der Waals surface area contributed by atoms with E-state index in [9.17, 15) is 8.78 Å². The number of benzene rings is 2. The van der Waals surface area contributed by atoms with Gasteiger partial charge in [0.1, 0.15) is 24.0 Å². The lowest BCUT2D eigenvalue weighted by Crippen LogP contribution is -1.99. The van der Waals surface area contributed by atoms with Crippen LogP contribution in [0.15, 0.2) is 36.4 Å². The molecule has 0 fully saturated rings. The first kappa shape index (κ1) is 14.1. The van der Waals surface area contributed by atoms with Crippen molar-refractivity contribution in [2.75, 3.05) is 0 Å². The number of halogens is 4.